The van der Waals surface area contributed by atoms with Gasteiger partial charge in [0.25, 0.3) is 0 Å². The van der Waals surface area contributed by atoms with E-state index >= 15 is 0 Å². The van der Waals surface area contributed by atoms with E-state index in [9.17, 15) is 19.8 Å². The first-order valence-corrected chi connectivity index (χ1v) is 7.07. The Balaban J connectivity index is 2.62. The van der Waals surface area contributed by atoms with Crippen molar-refractivity contribution in [3.63, 3.8) is 0 Å². The number of halogens is 2. The molecule has 0 aliphatic heterocycles. The van der Waals surface area contributed by atoms with E-state index in [1.165, 1.54) is 18.2 Å². The fourth-order valence-corrected chi connectivity index (χ4v) is 3.31. The molecule has 1 aromatic carbocycles. The SMILES string of the molecule is CC1(C(=O)O)CC=CC(C(=O)O)(c2ccc(Cl)cc2Cl)C1. The van der Waals surface area contributed by atoms with E-state index in [0.29, 0.717) is 10.6 Å². The van der Waals surface area contributed by atoms with Crippen LogP contribution in [0.2, 0.25) is 10.0 Å². The largest absolute Gasteiger partial charge is 0.481 e. The van der Waals surface area contributed by atoms with Crippen LogP contribution < -0.4 is 0 Å². The van der Waals surface area contributed by atoms with Gasteiger partial charge in [-0.1, -0.05) is 41.4 Å². The number of allylic oxidation sites excluding steroid dienone is 1. The fraction of sp³-hybridized carbons (Fsp3) is 0.333. The normalized spacial score (nSPS) is 28.3. The fourth-order valence-electron chi connectivity index (χ4n) is 2.73. The van der Waals surface area contributed by atoms with E-state index in [1.807, 2.05) is 0 Å². The highest BCUT2D eigenvalue weighted by molar-refractivity contribution is 6.35. The Hall–Kier alpha value is -1.52. The molecule has 0 amide bonds. The molecule has 2 atom stereocenters. The topological polar surface area (TPSA) is 74.6 Å². The van der Waals surface area contributed by atoms with Gasteiger partial charge in [0.05, 0.1) is 5.41 Å². The summed E-state index contributed by atoms with van der Waals surface area (Å²) in [5.74, 6) is -2.15. The predicted octanol–water partition coefficient (Wildman–Crippen LogP) is 3.76. The van der Waals surface area contributed by atoms with Gasteiger partial charge >= 0.3 is 11.9 Å². The molecule has 0 saturated carbocycles. The summed E-state index contributed by atoms with van der Waals surface area (Å²) >= 11 is 12.0. The first-order valence-electron chi connectivity index (χ1n) is 6.31. The molecule has 0 saturated heterocycles. The van der Waals surface area contributed by atoms with Crippen molar-refractivity contribution in [3.8, 4) is 0 Å². The number of carbonyl (C=O) groups is 2. The van der Waals surface area contributed by atoms with Crippen molar-refractivity contribution in [2.75, 3.05) is 0 Å². The lowest BCUT2D eigenvalue weighted by atomic mass is 9.63. The van der Waals surface area contributed by atoms with Gasteiger partial charge < -0.3 is 10.2 Å². The summed E-state index contributed by atoms with van der Waals surface area (Å²) in [6.07, 6.45) is 3.33. The maximum Gasteiger partial charge on any atom is 0.318 e. The van der Waals surface area contributed by atoms with Crippen molar-refractivity contribution in [2.24, 2.45) is 5.41 Å². The van der Waals surface area contributed by atoms with Crippen molar-refractivity contribution >= 4 is 35.1 Å². The maximum atomic E-state index is 11.9. The second-order valence-electron chi connectivity index (χ2n) is 5.55. The Labute approximate surface area is 132 Å². The number of benzene rings is 1. The monoisotopic (exact) mass is 328 g/mol. The van der Waals surface area contributed by atoms with Gasteiger partial charge in [-0.2, -0.15) is 0 Å². The molecule has 1 aliphatic carbocycles. The molecular weight excluding hydrogens is 315 g/mol. The first-order chi connectivity index (χ1) is 9.71. The van der Waals surface area contributed by atoms with Gasteiger partial charge in [-0.3, -0.25) is 9.59 Å². The van der Waals surface area contributed by atoms with E-state index < -0.39 is 22.8 Å². The van der Waals surface area contributed by atoms with Crippen LogP contribution in [0, 0.1) is 5.41 Å². The number of hydrogen-bond donors (Lipinski definition) is 2. The Morgan fingerprint density at radius 2 is 1.86 bits per heavy atom. The van der Waals surface area contributed by atoms with E-state index in [0.717, 1.165) is 0 Å². The maximum absolute atomic E-state index is 11.9. The number of hydrogen-bond acceptors (Lipinski definition) is 2. The van der Waals surface area contributed by atoms with Gasteiger partial charge in [0.2, 0.25) is 0 Å². The molecule has 112 valence electrons. The molecule has 21 heavy (non-hydrogen) atoms. The molecule has 0 spiro atoms. The van der Waals surface area contributed by atoms with E-state index in [4.69, 9.17) is 23.2 Å². The third-order valence-corrected chi connectivity index (χ3v) is 4.50. The van der Waals surface area contributed by atoms with Crippen LogP contribution in [0.15, 0.2) is 30.4 Å². The predicted molar refractivity (Wildman–Crippen MR) is 79.9 cm³/mol. The molecule has 0 fully saturated rings. The van der Waals surface area contributed by atoms with Crippen molar-refractivity contribution in [1.82, 2.24) is 0 Å². The summed E-state index contributed by atoms with van der Waals surface area (Å²) in [5.41, 5.74) is -2.27. The van der Waals surface area contributed by atoms with Crippen LogP contribution in [0.4, 0.5) is 0 Å². The van der Waals surface area contributed by atoms with Gasteiger partial charge in [-0.05, 0) is 37.5 Å². The summed E-state index contributed by atoms with van der Waals surface area (Å²) in [6.45, 7) is 1.54. The number of carboxylic acids is 2. The highest BCUT2D eigenvalue weighted by Gasteiger charge is 2.50. The zero-order valence-electron chi connectivity index (χ0n) is 11.3. The van der Waals surface area contributed by atoms with E-state index in [1.54, 1.807) is 19.1 Å². The smallest absolute Gasteiger partial charge is 0.318 e. The minimum absolute atomic E-state index is 0.0669. The molecular formula is C15H14Cl2O4. The lowest BCUT2D eigenvalue weighted by Crippen LogP contribution is -2.44. The summed E-state index contributed by atoms with van der Waals surface area (Å²) < 4.78 is 0. The van der Waals surface area contributed by atoms with Crippen LogP contribution in [0.3, 0.4) is 0 Å². The Morgan fingerprint density at radius 3 is 2.38 bits per heavy atom. The van der Waals surface area contributed by atoms with Crippen molar-refractivity contribution in [2.45, 2.75) is 25.2 Å². The highest BCUT2D eigenvalue weighted by Crippen LogP contribution is 2.47. The molecule has 0 radical (unpaired) electrons. The summed E-state index contributed by atoms with van der Waals surface area (Å²) in [6, 6.07) is 4.55. The van der Waals surface area contributed by atoms with Crippen molar-refractivity contribution in [1.29, 1.82) is 0 Å². The Bertz CT molecular complexity index is 641. The van der Waals surface area contributed by atoms with Crippen LogP contribution in [0.5, 0.6) is 0 Å². The van der Waals surface area contributed by atoms with Crippen LogP contribution in [0.25, 0.3) is 0 Å². The van der Waals surface area contributed by atoms with Gasteiger partial charge in [-0.15, -0.1) is 0 Å². The van der Waals surface area contributed by atoms with Crippen LogP contribution in [-0.4, -0.2) is 22.2 Å². The standard InChI is InChI=1S/C15H14Cl2O4/c1-14(12(18)19)5-2-6-15(8-14,13(20)21)10-4-3-9(16)7-11(10)17/h2-4,6-7H,5,8H2,1H3,(H,18,19)(H,20,21). The summed E-state index contributed by atoms with van der Waals surface area (Å²) in [4.78, 5) is 23.4. The molecule has 0 heterocycles. The molecule has 0 aromatic heterocycles. The van der Waals surface area contributed by atoms with E-state index in [-0.39, 0.29) is 17.9 Å². The average Bonchev–Trinajstić information content (AvgIpc) is 2.38. The van der Waals surface area contributed by atoms with Gasteiger partial charge in [0.1, 0.15) is 5.41 Å². The summed E-state index contributed by atoms with van der Waals surface area (Å²) in [7, 11) is 0. The zero-order chi connectivity index (χ0) is 15.8. The van der Waals surface area contributed by atoms with Crippen LogP contribution in [0.1, 0.15) is 25.3 Å². The third-order valence-electron chi connectivity index (χ3n) is 3.95. The van der Waals surface area contributed by atoms with Crippen molar-refractivity contribution < 1.29 is 19.8 Å². The summed E-state index contributed by atoms with van der Waals surface area (Å²) in [5, 5.41) is 19.7. The number of carboxylic acid groups (broad SMARTS) is 2. The van der Waals surface area contributed by atoms with Gasteiger partial charge in [0.15, 0.2) is 0 Å². The molecule has 2 unspecified atom stereocenters. The highest BCUT2D eigenvalue weighted by atomic mass is 35.5. The van der Waals surface area contributed by atoms with E-state index in [2.05, 4.69) is 0 Å². The number of rotatable bonds is 3. The lowest BCUT2D eigenvalue weighted by Gasteiger charge is -2.38. The minimum Gasteiger partial charge on any atom is -0.481 e. The second kappa shape index (κ2) is 5.35. The Kier molecular flexibility index (Phi) is 4.04. The molecule has 1 aromatic rings. The van der Waals surface area contributed by atoms with Crippen molar-refractivity contribution in [3.05, 3.63) is 46.0 Å². The van der Waals surface area contributed by atoms with Gasteiger partial charge in [0, 0.05) is 10.0 Å². The van der Waals surface area contributed by atoms with Crippen LogP contribution in [-0.2, 0) is 15.0 Å². The molecule has 6 heteroatoms. The third kappa shape index (κ3) is 2.65. The lowest BCUT2D eigenvalue weighted by molar-refractivity contribution is -0.152. The molecule has 1 aliphatic rings. The molecule has 2 rings (SSSR count). The number of aliphatic carboxylic acids is 2. The second-order valence-corrected chi connectivity index (χ2v) is 6.39. The van der Waals surface area contributed by atoms with Crippen LogP contribution >= 0.6 is 23.2 Å². The Morgan fingerprint density at radius 1 is 1.19 bits per heavy atom. The molecule has 0 bridgehead atoms. The molecule has 4 nitrogen and oxygen atoms in total. The van der Waals surface area contributed by atoms with Gasteiger partial charge in [-0.25, -0.2) is 0 Å². The zero-order valence-corrected chi connectivity index (χ0v) is 12.8. The molecule has 2 N–H and O–H groups in total. The average molecular weight is 329 g/mol. The first kappa shape index (κ1) is 15.9. The minimum atomic E-state index is -1.47. The quantitative estimate of drug-likeness (QED) is 0.828.